The summed E-state index contributed by atoms with van der Waals surface area (Å²) in [4.78, 5) is 16.0. The fraction of sp³-hybridized carbons (Fsp3) is 0.250. The highest BCUT2D eigenvalue weighted by Crippen LogP contribution is 2.37. The van der Waals surface area contributed by atoms with Crippen molar-refractivity contribution in [3.63, 3.8) is 0 Å². The number of rotatable bonds is 3. The zero-order chi connectivity index (χ0) is 17.5. The van der Waals surface area contributed by atoms with Crippen LogP contribution in [0.2, 0.25) is 5.02 Å². The molecule has 0 saturated heterocycles. The number of benzene rings is 1. The number of sulfonamides is 1. The SMILES string of the molecule is Cc1cncc(C(=O)NS(=O)(=O)c2cc(Cl)c3c(c2)C[C@H](C)O3)c1. The molecule has 0 unspecified atom stereocenters. The Morgan fingerprint density at radius 2 is 2.08 bits per heavy atom. The molecule has 0 radical (unpaired) electrons. The van der Waals surface area contributed by atoms with Gasteiger partial charge in [0.15, 0.2) is 0 Å². The van der Waals surface area contributed by atoms with Crippen molar-refractivity contribution >= 4 is 27.5 Å². The van der Waals surface area contributed by atoms with Crippen LogP contribution in [-0.4, -0.2) is 25.4 Å². The Kier molecular flexibility index (Phi) is 4.23. The second kappa shape index (κ2) is 6.07. The summed E-state index contributed by atoms with van der Waals surface area (Å²) in [7, 11) is -4.05. The number of hydrogen-bond acceptors (Lipinski definition) is 5. The van der Waals surface area contributed by atoms with E-state index in [0.717, 1.165) is 5.56 Å². The number of nitrogens with one attached hydrogen (secondary N) is 1. The number of fused-ring (bicyclic) bond motifs is 1. The van der Waals surface area contributed by atoms with Crippen molar-refractivity contribution in [1.82, 2.24) is 9.71 Å². The first-order chi connectivity index (χ1) is 11.3. The molecule has 1 N–H and O–H groups in total. The highest BCUT2D eigenvalue weighted by molar-refractivity contribution is 7.90. The lowest BCUT2D eigenvalue weighted by Gasteiger charge is -2.10. The van der Waals surface area contributed by atoms with Gasteiger partial charge in [0.1, 0.15) is 11.9 Å². The van der Waals surface area contributed by atoms with Crippen molar-refractivity contribution in [3.8, 4) is 5.75 Å². The molecule has 1 aromatic carbocycles. The molecule has 0 bridgehead atoms. The maximum atomic E-state index is 12.5. The van der Waals surface area contributed by atoms with Gasteiger partial charge < -0.3 is 4.74 Å². The minimum absolute atomic E-state index is 0.0663. The van der Waals surface area contributed by atoms with Gasteiger partial charge in [0, 0.05) is 24.4 Å². The lowest BCUT2D eigenvalue weighted by molar-refractivity contribution is 0.0981. The van der Waals surface area contributed by atoms with Crippen LogP contribution in [0.5, 0.6) is 5.75 Å². The number of carbonyl (C=O) groups is 1. The molecule has 0 spiro atoms. The summed E-state index contributed by atoms with van der Waals surface area (Å²) in [5, 5.41) is 0.210. The summed E-state index contributed by atoms with van der Waals surface area (Å²) in [6, 6.07) is 4.32. The summed E-state index contributed by atoms with van der Waals surface area (Å²) in [6.45, 7) is 3.64. The molecular formula is C16H15ClN2O4S. The third-order valence-electron chi connectivity index (χ3n) is 3.59. The molecule has 1 aromatic heterocycles. The van der Waals surface area contributed by atoms with Crippen molar-refractivity contribution in [2.75, 3.05) is 0 Å². The molecule has 3 rings (SSSR count). The van der Waals surface area contributed by atoms with Crippen LogP contribution in [0.25, 0.3) is 0 Å². The van der Waals surface area contributed by atoms with E-state index in [2.05, 4.69) is 4.98 Å². The van der Waals surface area contributed by atoms with Crippen LogP contribution in [0, 0.1) is 6.92 Å². The summed E-state index contributed by atoms with van der Waals surface area (Å²) in [5.74, 6) is -0.246. The molecule has 0 aliphatic carbocycles. The first-order valence-corrected chi connectivity index (χ1v) is 9.10. The second-order valence-corrected chi connectivity index (χ2v) is 7.80. The van der Waals surface area contributed by atoms with Crippen LogP contribution in [-0.2, 0) is 16.4 Å². The predicted molar refractivity (Wildman–Crippen MR) is 88.9 cm³/mol. The number of pyridine rings is 1. The average Bonchev–Trinajstić information content (AvgIpc) is 2.88. The number of ether oxygens (including phenoxy) is 1. The Bertz CT molecular complexity index is 928. The zero-order valence-electron chi connectivity index (χ0n) is 13.0. The topological polar surface area (TPSA) is 85.4 Å². The molecule has 1 aliphatic rings. The first kappa shape index (κ1) is 16.7. The molecule has 1 amide bonds. The van der Waals surface area contributed by atoms with Crippen LogP contribution in [0.15, 0.2) is 35.5 Å². The number of halogens is 1. The molecule has 2 heterocycles. The summed E-state index contributed by atoms with van der Waals surface area (Å²) >= 11 is 6.11. The van der Waals surface area contributed by atoms with E-state index < -0.39 is 15.9 Å². The fourth-order valence-corrected chi connectivity index (χ4v) is 3.93. The lowest BCUT2D eigenvalue weighted by Crippen LogP contribution is -2.30. The van der Waals surface area contributed by atoms with Gasteiger partial charge in [-0.15, -0.1) is 0 Å². The molecule has 126 valence electrons. The van der Waals surface area contributed by atoms with E-state index in [1.54, 1.807) is 19.2 Å². The maximum Gasteiger partial charge on any atom is 0.266 e. The Labute approximate surface area is 144 Å². The molecule has 8 heteroatoms. The average molecular weight is 367 g/mol. The van der Waals surface area contributed by atoms with Crippen LogP contribution >= 0.6 is 11.6 Å². The molecule has 24 heavy (non-hydrogen) atoms. The molecular weight excluding hydrogens is 352 g/mol. The number of aromatic nitrogens is 1. The quantitative estimate of drug-likeness (QED) is 0.902. The van der Waals surface area contributed by atoms with E-state index in [0.29, 0.717) is 17.7 Å². The Hall–Kier alpha value is -2.12. The van der Waals surface area contributed by atoms with E-state index >= 15 is 0 Å². The standard InChI is InChI=1S/C16H15ClN2O4S/c1-9-3-12(8-18-7-9)16(20)19-24(21,22)13-5-11-4-10(2)23-15(11)14(17)6-13/h3,5-8,10H,4H2,1-2H3,(H,19,20)/t10-/m0/s1. The van der Waals surface area contributed by atoms with Crippen molar-refractivity contribution in [2.45, 2.75) is 31.3 Å². The minimum Gasteiger partial charge on any atom is -0.489 e. The smallest absolute Gasteiger partial charge is 0.266 e. The molecule has 0 saturated carbocycles. The largest absolute Gasteiger partial charge is 0.489 e. The van der Waals surface area contributed by atoms with E-state index in [4.69, 9.17) is 16.3 Å². The Balaban J connectivity index is 1.90. The molecule has 1 aliphatic heterocycles. The van der Waals surface area contributed by atoms with Gasteiger partial charge >= 0.3 is 0 Å². The molecule has 1 atom stereocenters. The van der Waals surface area contributed by atoms with E-state index in [9.17, 15) is 13.2 Å². The van der Waals surface area contributed by atoms with E-state index in [1.165, 1.54) is 18.3 Å². The van der Waals surface area contributed by atoms with Gasteiger partial charge in [-0.05, 0) is 37.6 Å². The van der Waals surface area contributed by atoms with Gasteiger partial charge in [-0.25, -0.2) is 13.1 Å². The number of aryl methyl sites for hydroxylation is 1. The van der Waals surface area contributed by atoms with Crippen molar-refractivity contribution in [3.05, 3.63) is 52.3 Å². The summed E-state index contributed by atoms with van der Waals surface area (Å²) in [5.41, 5.74) is 1.63. The third kappa shape index (κ3) is 3.22. The van der Waals surface area contributed by atoms with Gasteiger partial charge in [0.05, 0.1) is 15.5 Å². The van der Waals surface area contributed by atoms with Crippen LogP contribution in [0.3, 0.4) is 0 Å². The van der Waals surface area contributed by atoms with Crippen LogP contribution < -0.4 is 9.46 Å². The monoisotopic (exact) mass is 366 g/mol. The van der Waals surface area contributed by atoms with E-state index in [-0.39, 0.29) is 21.6 Å². The maximum absolute atomic E-state index is 12.5. The van der Waals surface area contributed by atoms with E-state index in [1.807, 2.05) is 11.6 Å². The third-order valence-corrected chi connectivity index (χ3v) is 5.19. The molecule has 2 aromatic rings. The predicted octanol–water partition coefficient (Wildman–Crippen LogP) is 2.49. The normalized spacial score (nSPS) is 16.4. The Morgan fingerprint density at radius 1 is 1.33 bits per heavy atom. The lowest BCUT2D eigenvalue weighted by atomic mass is 10.1. The highest BCUT2D eigenvalue weighted by Gasteiger charge is 2.27. The van der Waals surface area contributed by atoms with Crippen LogP contribution in [0.1, 0.15) is 28.4 Å². The highest BCUT2D eigenvalue weighted by atomic mass is 35.5. The molecule has 0 fully saturated rings. The van der Waals surface area contributed by atoms with Crippen molar-refractivity contribution < 1.29 is 17.9 Å². The van der Waals surface area contributed by atoms with Gasteiger partial charge in [-0.3, -0.25) is 9.78 Å². The van der Waals surface area contributed by atoms with Crippen LogP contribution in [0.4, 0.5) is 0 Å². The molecule has 6 nitrogen and oxygen atoms in total. The first-order valence-electron chi connectivity index (χ1n) is 7.24. The summed E-state index contributed by atoms with van der Waals surface area (Å²) < 4.78 is 32.6. The van der Waals surface area contributed by atoms with Gasteiger partial charge in [-0.2, -0.15) is 0 Å². The summed E-state index contributed by atoms with van der Waals surface area (Å²) in [6.07, 6.45) is 3.38. The number of nitrogens with zero attached hydrogens (tertiary/aromatic N) is 1. The second-order valence-electron chi connectivity index (χ2n) is 5.71. The minimum atomic E-state index is -4.05. The van der Waals surface area contributed by atoms with Gasteiger partial charge in [0.2, 0.25) is 0 Å². The van der Waals surface area contributed by atoms with Gasteiger partial charge in [-0.1, -0.05) is 11.6 Å². The van der Waals surface area contributed by atoms with Gasteiger partial charge in [0.25, 0.3) is 15.9 Å². The number of amides is 1. The Morgan fingerprint density at radius 3 is 2.79 bits per heavy atom. The van der Waals surface area contributed by atoms with Crippen molar-refractivity contribution in [2.24, 2.45) is 0 Å². The fourth-order valence-electron chi connectivity index (χ4n) is 2.53. The number of carbonyl (C=O) groups excluding carboxylic acids is 1. The van der Waals surface area contributed by atoms with Crippen molar-refractivity contribution in [1.29, 1.82) is 0 Å². The number of hydrogen-bond donors (Lipinski definition) is 1. The zero-order valence-corrected chi connectivity index (χ0v) is 14.6.